The minimum absolute atomic E-state index is 0.222. The Balaban J connectivity index is 2.06. The molecular formula is C21H21BrN2O2. The van der Waals surface area contributed by atoms with E-state index in [1.165, 1.54) is 4.57 Å². The van der Waals surface area contributed by atoms with E-state index in [4.69, 9.17) is 0 Å². The van der Waals surface area contributed by atoms with E-state index in [1.54, 1.807) is 11.5 Å². The molecule has 0 atom stereocenters. The molecule has 0 bridgehead atoms. The van der Waals surface area contributed by atoms with Crippen LogP contribution < -0.4 is 11.2 Å². The Bertz CT molecular complexity index is 1050. The van der Waals surface area contributed by atoms with Crippen molar-refractivity contribution in [2.24, 2.45) is 0 Å². The van der Waals surface area contributed by atoms with E-state index in [0.717, 1.165) is 21.2 Å². The fourth-order valence-electron chi connectivity index (χ4n) is 2.91. The minimum atomic E-state index is -0.276. The Morgan fingerprint density at radius 3 is 1.85 bits per heavy atom. The zero-order valence-electron chi connectivity index (χ0n) is 15.1. The number of halogens is 1. The fraction of sp³-hybridized carbons (Fsp3) is 0.238. The van der Waals surface area contributed by atoms with Gasteiger partial charge in [-0.25, -0.2) is 4.79 Å². The molecular weight excluding hydrogens is 392 g/mol. The van der Waals surface area contributed by atoms with E-state index in [9.17, 15) is 9.59 Å². The van der Waals surface area contributed by atoms with Crippen LogP contribution in [0.5, 0.6) is 0 Å². The molecule has 0 N–H and O–H groups in total. The molecule has 1 heterocycles. The summed E-state index contributed by atoms with van der Waals surface area (Å²) in [5, 5.41) is 0. The van der Waals surface area contributed by atoms with Crippen molar-refractivity contribution < 1.29 is 0 Å². The highest BCUT2D eigenvalue weighted by atomic mass is 79.9. The van der Waals surface area contributed by atoms with E-state index in [-0.39, 0.29) is 17.8 Å². The average Bonchev–Trinajstić information content (AvgIpc) is 2.64. The Hall–Kier alpha value is -2.40. The molecule has 0 aliphatic carbocycles. The largest absolute Gasteiger partial charge is 0.331 e. The summed E-state index contributed by atoms with van der Waals surface area (Å²) in [6, 6.07) is 15.7. The maximum absolute atomic E-state index is 13.0. The second-order valence-electron chi connectivity index (χ2n) is 6.58. The molecule has 0 fully saturated rings. The normalized spacial score (nSPS) is 10.9. The first-order chi connectivity index (χ1) is 12.4. The van der Waals surface area contributed by atoms with Crippen LogP contribution in [0, 0.1) is 20.8 Å². The molecule has 0 aliphatic heterocycles. The standard InChI is InChI=1S/C21H21BrN2O2/c1-14-4-6-17(7-5-14)13-24-20(25)15(2)16(3)23(21(24)26)12-18-8-10-19(22)11-9-18/h4-11H,12-13H2,1-3H3. The SMILES string of the molecule is Cc1ccc(Cn2c(=O)c(C)c(C)n(Cc3ccc(Br)cc3)c2=O)cc1. The number of nitrogens with zero attached hydrogens (tertiary/aromatic N) is 2. The van der Waals surface area contributed by atoms with Crippen LogP contribution in [0.2, 0.25) is 0 Å². The molecule has 0 saturated carbocycles. The number of aromatic nitrogens is 2. The van der Waals surface area contributed by atoms with Gasteiger partial charge >= 0.3 is 5.69 Å². The molecule has 0 spiro atoms. The highest BCUT2D eigenvalue weighted by Gasteiger charge is 2.14. The molecule has 1 aromatic heterocycles. The maximum Gasteiger partial charge on any atom is 0.331 e. The van der Waals surface area contributed by atoms with Gasteiger partial charge in [0.15, 0.2) is 0 Å². The van der Waals surface area contributed by atoms with Crippen molar-refractivity contribution in [2.45, 2.75) is 33.9 Å². The van der Waals surface area contributed by atoms with Crippen LogP contribution in [0.4, 0.5) is 0 Å². The van der Waals surface area contributed by atoms with Gasteiger partial charge in [0, 0.05) is 15.7 Å². The van der Waals surface area contributed by atoms with Crippen LogP contribution in [-0.2, 0) is 13.1 Å². The first kappa shape index (κ1) is 18.4. The van der Waals surface area contributed by atoms with Crippen molar-refractivity contribution in [1.82, 2.24) is 9.13 Å². The number of rotatable bonds is 4. The first-order valence-corrected chi connectivity index (χ1v) is 9.27. The average molecular weight is 413 g/mol. The van der Waals surface area contributed by atoms with E-state index in [0.29, 0.717) is 17.8 Å². The molecule has 0 saturated heterocycles. The number of aryl methyl sites for hydroxylation is 1. The van der Waals surface area contributed by atoms with Crippen LogP contribution in [-0.4, -0.2) is 9.13 Å². The lowest BCUT2D eigenvalue weighted by molar-refractivity contribution is 0.591. The van der Waals surface area contributed by atoms with Gasteiger partial charge in [0.05, 0.1) is 13.1 Å². The van der Waals surface area contributed by atoms with Crippen molar-refractivity contribution in [2.75, 3.05) is 0 Å². The lowest BCUT2D eigenvalue weighted by atomic mass is 10.1. The zero-order valence-corrected chi connectivity index (χ0v) is 16.7. The third kappa shape index (κ3) is 3.73. The van der Waals surface area contributed by atoms with Gasteiger partial charge in [-0.1, -0.05) is 57.9 Å². The van der Waals surface area contributed by atoms with E-state index in [2.05, 4.69) is 15.9 Å². The van der Waals surface area contributed by atoms with Gasteiger partial charge in [-0.15, -0.1) is 0 Å². The molecule has 0 radical (unpaired) electrons. The molecule has 26 heavy (non-hydrogen) atoms. The van der Waals surface area contributed by atoms with E-state index < -0.39 is 0 Å². The summed E-state index contributed by atoms with van der Waals surface area (Å²) >= 11 is 3.42. The smallest absolute Gasteiger partial charge is 0.293 e. The van der Waals surface area contributed by atoms with Crippen LogP contribution in [0.15, 0.2) is 62.6 Å². The number of benzene rings is 2. The third-order valence-corrected chi connectivity index (χ3v) is 5.22. The lowest BCUT2D eigenvalue weighted by Gasteiger charge is -2.16. The Labute approximate surface area is 160 Å². The molecule has 4 nitrogen and oxygen atoms in total. The Morgan fingerprint density at radius 1 is 0.769 bits per heavy atom. The summed E-state index contributed by atoms with van der Waals surface area (Å²) in [6.07, 6.45) is 0. The van der Waals surface area contributed by atoms with Gasteiger partial charge in [0.25, 0.3) is 5.56 Å². The molecule has 3 aromatic rings. The summed E-state index contributed by atoms with van der Waals surface area (Å²) in [5.74, 6) is 0. The van der Waals surface area contributed by atoms with Crippen molar-refractivity contribution in [3.63, 3.8) is 0 Å². The van der Waals surface area contributed by atoms with E-state index in [1.807, 2.05) is 62.4 Å². The van der Waals surface area contributed by atoms with Crippen molar-refractivity contribution in [3.05, 3.63) is 102 Å². The van der Waals surface area contributed by atoms with E-state index >= 15 is 0 Å². The maximum atomic E-state index is 13.0. The quantitative estimate of drug-likeness (QED) is 0.653. The van der Waals surface area contributed by atoms with Gasteiger partial charge in [-0.3, -0.25) is 13.9 Å². The van der Waals surface area contributed by atoms with Gasteiger partial charge in [-0.05, 0) is 44.0 Å². The summed E-state index contributed by atoms with van der Waals surface area (Å²) in [5.41, 5.74) is 3.92. The Morgan fingerprint density at radius 2 is 1.27 bits per heavy atom. The van der Waals surface area contributed by atoms with Crippen molar-refractivity contribution >= 4 is 15.9 Å². The monoisotopic (exact) mass is 412 g/mol. The second-order valence-corrected chi connectivity index (χ2v) is 7.50. The highest BCUT2D eigenvalue weighted by Crippen LogP contribution is 2.12. The van der Waals surface area contributed by atoms with Gasteiger partial charge in [0.2, 0.25) is 0 Å². The first-order valence-electron chi connectivity index (χ1n) is 8.47. The molecule has 0 amide bonds. The van der Waals surface area contributed by atoms with Crippen LogP contribution in [0.3, 0.4) is 0 Å². The predicted octanol–water partition coefficient (Wildman–Crippen LogP) is 3.79. The predicted molar refractivity (Wildman–Crippen MR) is 108 cm³/mol. The van der Waals surface area contributed by atoms with Crippen LogP contribution >= 0.6 is 15.9 Å². The Kier molecular flexibility index (Phi) is 5.28. The molecule has 2 aromatic carbocycles. The summed E-state index contributed by atoms with van der Waals surface area (Å²) < 4.78 is 3.99. The second kappa shape index (κ2) is 7.46. The number of hydrogen-bond acceptors (Lipinski definition) is 2. The molecule has 0 aliphatic rings. The third-order valence-electron chi connectivity index (χ3n) is 4.69. The summed E-state index contributed by atoms with van der Waals surface area (Å²) in [7, 11) is 0. The summed E-state index contributed by atoms with van der Waals surface area (Å²) in [6.45, 7) is 6.33. The van der Waals surface area contributed by atoms with Crippen molar-refractivity contribution in [1.29, 1.82) is 0 Å². The van der Waals surface area contributed by atoms with Crippen LogP contribution in [0.25, 0.3) is 0 Å². The molecule has 134 valence electrons. The lowest BCUT2D eigenvalue weighted by Crippen LogP contribution is -2.42. The molecule has 0 unspecified atom stereocenters. The minimum Gasteiger partial charge on any atom is -0.293 e. The summed E-state index contributed by atoms with van der Waals surface area (Å²) in [4.78, 5) is 25.7. The topological polar surface area (TPSA) is 44.0 Å². The molecule has 5 heteroatoms. The fourth-order valence-corrected chi connectivity index (χ4v) is 3.17. The van der Waals surface area contributed by atoms with Crippen molar-refractivity contribution in [3.8, 4) is 0 Å². The zero-order chi connectivity index (χ0) is 18.8. The van der Waals surface area contributed by atoms with Gasteiger partial charge in [-0.2, -0.15) is 0 Å². The number of hydrogen-bond donors (Lipinski definition) is 0. The molecule has 3 rings (SSSR count). The van der Waals surface area contributed by atoms with Gasteiger partial charge in [0.1, 0.15) is 0 Å². The van der Waals surface area contributed by atoms with Gasteiger partial charge < -0.3 is 0 Å². The van der Waals surface area contributed by atoms with Crippen LogP contribution in [0.1, 0.15) is 27.9 Å². The highest BCUT2D eigenvalue weighted by molar-refractivity contribution is 9.10.